The van der Waals surface area contributed by atoms with E-state index in [1.165, 1.54) is 44.5 Å². The Bertz CT molecular complexity index is 929. The third-order valence-electron chi connectivity index (χ3n) is 3.61. The van der Waals surface area contributed by atoms with Gasteiger partial charge in [0.25, 0.3) is 5.91 Å². The number of hydrogen-bond acceptors (Lipinski definition) is 6. The summed E-state index contributed by atoms with van der Waals surface area (Å²) in [4.78, 5) is 27.4. The maximum Gasteiger partial charge on any atom is 0.251 e. The number of pyridine rings is 1. The molecule has 0 saturated carbocycles. The second-order valence-corrected chi connectivity index (χ2v) is 7.60. The maximum atomic E-state index is 12.3. The van der Waals surface area contributed by atoms with E-state index in [0.717, 1.165) is 5.56 Å². The highest BCUT2D eigenvalue weighted by atomic mass is 32.2. The van der Waals surface area contributed by atoms with Crippen molar-refractivity contribution in [2.24, 2.45) is 0 Å². The zero-order chi connectivity index (χ0) is 20.6. The van der Waals surface area contributed by atoms with E-state index in [1.54, 1.807) is 12.1 Å². The highest BCUT2D eigenvalue weighted by Gasteiger charge is 2.13. The molecule has 0 aliphatic heterocycles. The number of ether oxygens (including phenoxy) is 1. The Morgan fingerprint density at radius 1 is 1.14 bits per heavy atom. The lowest BCUT2D eigenvalue weighted by molar-refractivity contribution is -0.114. The zero-order valence-corrected chi connectivity index (χ0v) is 16.4. The van der Waals surface area contributed by atoms with Gasteiger partial charge in [0.2, 0.25) is 15.9 Å². The Morgan fingerprint density at radius 2 is 1.86 bits per heavy atom. The highest BCUT2D eigenvalue weighted by molar-refractivity contribution is 7.89. The standard InChI is InChI=1S/C18H22N4O5S/c1-13(23)22-17-11-15(7-8-19-17)18(24)20-12-14-3-5-16(6-4-14)28(25,26)21-9-10-27-2/h3-8,11,21H,9-10,12H2,1-2H3,(H,20,24)(H,19,22,23). The highest BCUT2D eigenvalue weighted by Crippen LogP contribution is 2.11. The van der Waals surface area contributed by atoms with Crippen molar-refractivity contribution >= 4 is 27.7 Å². The van der Waals surface area contributed by atoms with Crippen molar-refractivity contribution < 1.29 is 22.7 Å². The van der Waals surface area contributed by atoms with Gasteiger partial charge >= 0.3 is 0 Å². The van der Waals surface area contributed by atoms with Gasteiger partial charge in [-0.2, -0.15) is 0 Å². The van der Waals surface area contributed by atoms with Crippen LogP contribution in [0.2, 0.25) is 0 Å². The molecule has 0 aliphatic carbocycles. The third-order valence-corrected chi connectivity index (χ3v) is 5.09. The molecule has 150 valence electrons. The molecule has 1 aromatic carbocycles. The number of nitrogens with one attached hydrogen (secondary N) is 3. The van der Waals surface area contributed by atoms with Crippen molar-refractivity contribution in [2.75, 3.05) is 25.6 Å². The van der Waals surface area contributed by atoms with Crippen molar-refractivity contribution in [2.45, 2.75) is 18.4 Å². The van der Waals surface area contributed by atoms with E-state index in [9.17, 15) is 18.0 Å². The van der Waals surface area contributed by atoms with Gasteiger partial charge in [-0.05, 0) is 29.8 Å². The smallest absolute Gasteiger partial charge is 0.251 e. The minimum Gasteiger partial charge on any atom is -0.383 e. The fourth-order valence-electron chi connectivity index (χ4n) is 2.25. The van der Waals surface area contributed by atoms with E-state index < -0.39 is 10.0 Å². The molecular weight excluding hydrogens is 384 g/mol. The first-order valence-corrected chi connectivity index (χ1v) is 9.89. The molecule has 28 heavy (non-hydrogen) atoms. The number of carbonyl (C=O) groups excluding carboxylic acids is 2. The van der Waals surface area contributed by atoms with Crippen molar-refractivity contribution in [3.8, 4) is 0 Å². The molecule has 0 fully saturated rings. The van der Waals surface area contributed by atoms with Crippen LogP contribution in [0.25, 0.3) is 0 Å². The fourth-order valence-corrected chi connectivity index (χ4v) is 3.27. The van der Waals surface area contributed by atoms with Crippen molar-refractivity contribution in [3.05, 3.63) is 53.7 Å². The molecule has 9 nitrogen and oxygen atoms in total. The topological polar surface area (TPSA) is 126 Å². The Balaban J connectivity index is 1.96. The molecule has 3 N–H and O–H groups in total. The number of aromatic nitrogens is 1. The molecule has 1 heterocycles. The SMILES string of the molecule is COCCNS(=O)(=O)c1ccc(CNC(=O)c2ccnc(NC(C)=O)c2)cc1. The van der Waals surface area contributed by atoms with Gasteiger partial charge in [0.05, 0.1) is 11.5 Å². The molecule has 0 unspecified atom stereocenters. The van der Waals surface area contributed by atoms with E-state index in [0.29, 0.717) is 5.56 Å². The number of carbonyl (C=O) groups is 2. The van der Waals surface area contributed by atoms with E-state index in [1.807, 2.05) is 0 Å². The predicted molar refractivity (Wildman–Crippen MR) is 103 cm³/mol. The Kier molecular flexibility index (Phi) is 7.61. The first kappa shape index (κ1) is 21.5. The Labute approximate surface area is 163 Å². The van der Waals surface area contributed by atoms with Gasteiger partial charge in [0.1, 0.15) is 5.82 Å². The minimum absolute atomic E-state index is 0.132. The fraction of sp³-hybridized carbons (Fsp3) is 0.278. The minimum atomic E-state index is -3.60. The van der Waals surface area contributed by atoms with E-state index >= 15 is 0 Å². The molecule has 0 aliphatic rings. The average molecular weight is 406 g/mol. The lowest BCUT2D eigenvalue weighted by Gasteiger charge is -2.09. The van der Waals surface area contributed by atoms with Crippen LogP contribution in [-0.4, -0.2) is 45.5 Å². The van der Waals surface area contributed by atoms with Gasteiger partial charge in [-0.1, -0.05) is 12.1 Å². The largest absolute Gasteiger partial charge is 0.383 e. The molecule has 0 saturated heterocycles. The predicted octanol–water partition coefficient (Wildman–Crippen LogP) is 0.895. The maximum absolute atomic E-state index is 12.3. The van der Waals surface area contributed by atoms with E-state index in [-0.39, 0.29) is 42.2 Å². The quantitative estimate of drug-likeness (QED) is 0.531. The van der Waals surface area contributed by atoms with Crippen LogP contribution >= 0.6 is 0 Å². The summed E-state index contributed by atoms with van der Waals surface area (Å²) in [5, 5.41) is 5.25. The second kappa shape index (κ2) is 9.93. The first-order chi connectivity index (χ1) is 13.3. The van der Waals surface area contributed by atoms with Crippen LogP contribution in [0.15, 0.2) is 47.5 Å². The summed E-state index contributed by atoms with van der Waals surface area (Å²) in [6.45, 7) is 2.03. The van der Waals surface area contributed by atoms with Gasteiger partial charge in [-0.3, -0.25) is 9.59 Å². The molecule has 0 atom stereocenters. The first-order valence-electron chi connectivity index (χ1n) is 8.41. The molecule has 0 bridgehead atoms. The number of amides is 2. The van der Waals surface area contributed by atoms with Crippen LogP contribution in [0.4, 0.5) is 5.82 Å². The lowest BCUT2D eigenvalue weighted by Crippen LogP contribution is -2.27. The van der Waals surface area contributed by atoms with E-state index in [2.05, 4.69) is 20.3 Å². The summed E-state index contributed by atoms with van der Waals surface area (Å²) >= 11 is 0. The van der Waals surface area contributed by atoms with Gasteiger partial charge in [-0.25, -0.2) is 18.1 Å². The van der Waals surface area contributed by atoms with E-state index in [4.69, 9.17) is 4.74 Å². The number of sulfonamides is 1. The monoisotopic (exact) mass is 406 g/mol. The van der Waals surface area contributed by atoms with Crippen LogP contribution in [0, 0.1) is 0 Å². The number of rotatable bonds is 9. The number of nitrogens with zero attached hydrogens (tertiary/aromatic N) is 1. The van der Waals surface area contributed by atoms with Crippen LogP contribution in [0.3, 0.4) is 0 Å². The number of benzene rings is 1. The number of methoxy groups -OCH3 is 1. The van der Waals surface area contributed by atoms with Crippen LogP contribution < -0.4 is 15.4 Å². The summed E-state index contributed by atoms with van der Waals surface area (Å²) in [5.41, 5.74) is 1.08. The van der Waals surface area contributed by atoms with Crippen molar-refractivity contribution in [3.63, 3.8) is 0 Å². The zero-order valence-electron chi connectivity index (χ0n) is 15.6. The van der Waals surface area contributed by atoms with Crippen LogP contribution in [0.1, 0.15) is 22.8 Å². The molecule has 1 aromatic heterocycles. The molecule has 2 aromatic rings. The van der Waals surface area contributed by atoms with Crippen LogP contribution in [-0.2, 0) is 26.1 Å². The van der Waals surface area contributed by atoms with Crippen LogP contribution in [0.5, 0.6) is 0 Å². The normalized spacial score (nSPS) is 11.1. The summed E-state index contributed by atoms with van der Waals surface area (Å²) in [5.74, 6) is -0.334. The van der Waals surface area contributed by atoms with Gasteiger partial charge < -0.3 is 15.4 Å². The number of anilines is 1. The summed E-state index contributed by atoms with van der Waals surface area (Å²) < 4.78 is 31.5. The molecule has 2 rings (SSSR count). The lowest BCUT2D eigenvalue weighted by atomic mass is 10.2. The summed E-state index contributed by atoms with van der Waals surface area (Å²) in [6.07, 6.45) is 1.43. The summed E-state index contributed by atoms with van der Waals surface area (Å²) in [7, 11) is -2.11. The van der Waals surface area contributed by atoms with Gasteiger partial charge in [0, 0.05) is 38.9 Å². The molecule has 10 heteroatoms. The molecular formula is C18H22N4O5S. The number of hydrogen-bond donors (Lipinski definition) is 3. The summed E-state index contributed by atoms with van der Waals surface area (Å²) in [6, 6.07) is 9.19. The molecule has 2 amide bonds. The van der Waals surface area contributed by atoms with Crippen molar-refractivity contribution in [1.29, 1.82) is 0 Å². The Hall–Kier alpha value is -2.82. The average Bonchev–Trinajstić information content (AvgIpc) is 2.66. The van der Waals surface area contributed by atoms with Gasteiger partial charge in [0.15, 0.2) is 0 Å². The van der Waals surface area contributed by atoms with Gasteiger partial charge in [-0.15, -0.1) is 0 Å². The Morgan fingerprint density at radius 3 is 2.50 bits per heavy atom. The molecule has 0 spiro atoms. The molecule has 0 radical (unpaired) electrons. The van der Waals surface area contributed by atoms with Crippen molar-refractivity contribution in [1.82, 2.24) is 15.0 Å². The third kappa shape index (κ3) is 6.41. The second-order valence-electron chi connectivity index (χ2n) is 5.83.